The molecule has 9 heterocycles. The predicted molar refractivity (Wildman–Crippen MR) is 303 cm³/mol. The van der Waals surface area contributed by atoms with Crippen LogP contribution in [-0.4, -0.2) is 441 Å². The molecule has 9 aliphatic rings. The van der Waals surface area contributed by atoms with E-state index in [1.54, 1.807) is 0 Å². The van der Waals surface area contributed by atoms with Crippen LogP contribution < -0.4 is 10.2 Å². The van der Waals surface area contributed by atoms with Gasteiger partial charge in [0.1, 0.15) is 215 Å². The average molecular weight is 1530 g/mol. The Bertz CT molecular complexity index is 2760. The minimum absolute atomic E-state index is 0.626. The summed E-state index contributed by atoms with van der Waals surface area (Å²) in [6.45, 7) is -5.61. The standard InChI is InChI=1S/C57H90O47/c1-13(61)86-11-20-43(32(73)37(78)53(97-20)99-42-16(7-60)93-52(36(77)31(42)72)101-45-26(67)14(5-58)91-48(83)39(45)80)100-51-35(76)30(71)25(66)18(95-51)10-88-49-34(75)29(70)24(65)17(94-49)9-89-50-40(81)46(27(68)15(6-59)92-50)103-55-41(82)47(28(69)19(96-55)8-87-23(64)4-3-22(62)63)102-54-38(79)33(74)44-21(98-54)12-90-57(2,104-44)56(84)85/h14-21,24-55,58-60,65-83H,3-12H2,1-2H3,(H,62,63)(H,84,85)/p-2/t14-,15-,16-,17-,18-,19-,20-,21-,24-,25-,26+,27-,28-,29+,30+,31-,32-,33-,34-,35-,36-,37-,38-,39-,40-,41-,42-,43-,44-,45+,46+,47+,48+,49+,50-,51+,52+,53+,54+,55+,57-/m1/s1. The predicted octanol–water partition coefficient (Wildman–Crippen LogP) is -19.3. The topological polar surface area (TPSA) is 735 Å². The van der Waals surface area contributed by atoms with Gasteiger partial charge >= 0.3 is 11.9 Å². The lowest BCUT2D eigenvalue weighted by atomic mass is 9.95. The molecule has 9 aliphatic heterocycles. The molecule has 47 heteroatoms. The number of carboxylic acid groups (broad SMARTS) is 2. The molecule has 600 valence electrons. The van der Waals surface area contributed by atoms with Gasteiger partial charge in [-0.2, -0.15) is 0 Å². The van der Waals surface area contributed by atoms with Gasteiger partial charge in [-0.05, 0) is 13.3 Å². The van der Waals surface area contributed by atoms with E-state index < -0.39 is 341 Å². The van der Waals surface area contributed by atoms with Crippen LogP contribution in [-0.2, 0) is 109 Å². The fourth-order valence-electron chi connectivity index (χ4n) is 12.6. The Kier molecular flexibility index (Phi) is 29.2. The van der Waals surface area contributed by atoms with Gasteiger partial charge in [-0.1, -0.05) is 0 Å². The molecule has 0 amide bonds. The third kappa shape index (κ3) is 18.5. The van der Waals surface area contributed by atoms with Crippen molar-refractivity contribution in [1.82, 2.24) is 0 Å². The Morgan fingerprint density at radius 1 is 0.375 bits per heavy atom. The van der Waals surface area contributed by atoms with E-state index in [1.807, 2.05) is 0 Å². The summed E-state index contributed by atoms with van der Waals surface area (Å²) < 4.78 is 105. The highest BCUT2D eigenvalue weighted by atomic mass is 16.8. The fourth-order valence-corrected chi connectivity index (χ4v) is 12.6. The Morgan fingerprint density at radius 3 is 1.26 bits per heavy atom. The van der Waals surface area contributed by atoms with Crippen molar-refractivity contribution in [2.75, 3.05) is 52.9 Å². The molecule has 41 atom stereocenters. The zero-order valence-electron chi connectivity index (χ0n) is 54.7. The maximum absolute atomic E-state index is 12.5. The quantitative estimate of drug-likeness (QED) is 0.0340. The maximum atomic E-state index is 12.5. The van der Waals surface area contributed by atoms with Crippen LogP contribution in [0.5, 0.6) is 0 Å². The van der Waals surface area contributed by atoms with Crippen LogP contribution >= 0.6 is 0 Å². The van der Waals surface area contributed by atoms with Crippen LogP contribution in [0.2, 0.25) is 0 Å². The van der Waals surface area contributed by atoms with Crippen LogP contribution in [0.3, 0.4) is 0 Å². The number of esters is 2. The lowest BCUT2D eigenvalue weighted by Crippen LogP contribution is -2.69. The minimum atomic E-state index is -2.42. The first kappa shape index (κ1) is 84.3. The molecule has 47 nitrogen and oxygen atoms in total. The van der Waals surface area contributed by atoms with Gasteiger partial charge in [-0.15, -0.1) is 0 Å². The first-order valence-corrected chi connectivity index (χ1v) is 32.6. The van der Waals surface area contributed by atoms with Crippen molar-refractivity contribution >= 4 is 23.9 Å². The highest BCUT2D eigenvalue weighted by Crippen LogP contribution is 2.39. The summed E-state index contributed by atoms with van der Waals surface area (Å²) in [5, 5.41) is 265. The Labute approximate surface area is 585 Å². The molecule has 0 unspecified atom stereocenters. The van der Waals surface area contributed by atoms with Crippen molar-refractivity contribution in [3.63, 3.8) is 0 Å². The number of fused-ring (bicyclic) bond motifs is 1. The van der Waals surface area contributed by atoms with Gasteiger partial charge in [0.25, 0.3) is 0 Å². The van der Waals surface area contributed by atoms with Crippen LogP contribution in [0, 0.1) is 0 Å². The van der Waals surface area contributed by atoms with E-state index in [9.17, 15) is 142 Å². The number of carbonyl (C=O) groups excluding carboxylic acids is 4. The van der Waals surface area contributed by atoms with Crippen molar-refractivity contribution in [2.45, 2.75) is 278 Å². The van der Waals surface area contributed by atoms with Gasteiger partial charge in [0.15, 0.2) is 50.3 Å². The highest BCUT2D eigenvalue weighted by Gasteiger charge is 2.60. The molecule has 0 bridgehead atoms. The second kappa shape index (κ2) is 36.0. The first-order chi connectivity index (χ1) is 49.0. The number of aliphatic hydroxyl groups excluding tert-OH is 22. The van der Waals surface area contributed by atoms with Crippen molar-refractivity contribution in [3.05, 3.63) is 0 Å². The van der Waals surface area contributed by atoms with E-state index in [-0.39, 0.29) is 0 Å². The number of hydrogen-bond acceptors (Lipinski definition) is 47. The summed E-state index contributed by atoms with van der Waals surface area (Å²) in [5.41, 5.74) is 0. The number of carbonyl (C=O) groups is 4. The molecule has 0 aromatic carbocycles. The molecule has 104 heavy (non-hydrogen) atoms. The number of carboxylic acids is 2. The van der Waals surface area contributed by atoms with E-state index in [1.165, 1.54) is 0 Å². The van der Waals surface area contributed by atoms with E-state index in [4.69, 9.17) is 90.0 Å². The van der Waals surface area contributed by atoms with Crippen LogP contribution in [0.15, 0.2) is 0 Å². The van der Waals surface area contributed by atoms with Crippen molar-refractivity contribution < 1.29 is 232 Å². The summed E-state index contributed by atoms with van der Waals surface area (Å²) >= 11 is 0. The highest BCUT2D eigenvalue weighted by molar-refractivity contribution is 5.75. The summed E-state index contributed by atoms with van der Waals surface area (Å²) in [6, 6.07) is 0. The average Bonchev–Trinajstić information content (AvgIpc) is 0.769. The molecule has 22 N–H and O–H groups in total. The zero-order chi connectivity index (χ0) is 76.4. The monoisotopic (exact) mass is 1520 g/mol. The van der Waals surface area contributed by atoms with E-state index >= 15 is 0 Å². The zero-order valence-corrected chi connectivity index (χ0v) is 54.7. The molecule has 0 aromatic rings. The van der Waals surface area contributed by atoms with Crippen molar-refractivity contribution in [1.29, 1.82) is 0 Å². The van der Waals surface area contributed by atoms with E-state index in [0.29, 0.717) is 0 Å². The molecule has 9 fully saturated rings. The van der Waals surface area contributed by atoms with Gasteiger partial charge in [0, 0.05) is 12.9 Å². The fraction of sp³-hybridized carbons (Fsp3) is 0.930. The summed E-state index contributed by atoms with van der Waals surface area (Å²) in [4.78, 5) is 47.3. The largest absolute Gasteiger partial charge is 0.550 e. The molecular weight excluding hydrogens is 1440 g/mol. The molecule has 0 aliphatic carbocycles. The Balaban J connectivity index is 0.833. The first-order valence-electron chi connectivity index (χ1n) is 32.6. The van der Waals surface area contributed by atoms with Gasteiger partial charge in [0.2, 0.25) is 5.79 Å². The van der Waals surface area contributed by atoms with E-state index in [2.05, 4.69) is 0 Å². The van der Waals surface area contributed by atoms with Crippen LogP contribution in [0.1, 0.15) is 26.7 Å². The third-order valence-corrected chi connectivity index (χ3v) is 18.7. The van der Waals surface area contributed by atoms with Gasteiger partial charge in [-0.3, -0.25) is 9.59 Å². The number of ether oxygens (including phenoxy) is 19. The number of aliphatic hydroxyl groups is 22. The van der Waals surface area contributed by atoms with Crippen molar-refractivity contribution in [3.8, 4) is 0 Å². The molecule has 0 radical (unpaired) electrons. The summed E-state index contributed by atoms with van der Waals surface area (Å²) in [6.07, 6.45) is -82.8. The lowest BCUT2D eigenvalue weighted by molar-refractivity contribution is -0.418. The van der Waals surface area contributed by atoms with E-state index in [0.717, 1.165) is 13.8 Å². The van der Waals surface area contributed by atoms with Gasteiger partial charge < -0.3 is 222 Å². The van der Waals surface area contributed by atoms with Crippen molar-refractivity contribution in [2.24, 2.45) is 0 Å². The molecule has 9 saturated heterocycles. The Hall–Kier alpha value is -3.68. The summed E-state index contributed by atoms with van der Waals surface area (Å²) in [5.74, 6) is -8.06. The number of aliphatic carboxylic acids is 2. The second-order valence-corrected chi connectivity index (χ2v) is 25.9. The normalized spacial score (nSPS) is 49.4. The third-order valence-electron chi connectivity index (χ3n) is 18.7. The van der Waals surface area contributed by atoms with Crippen LogP contribution in [0.25, 0.3) is 0 Å². The Morgan fingerprint density at radius 2 is 0.750 bits per heavy atom. The molecule has 0 spiro atoms. The maximum Gasteiger partial charge on any atom is 0.306 e. The molecule has 9 rings (SSSR count). The molecular formula is C57H88O47-2. The second-order valence-electron chi connectivity index (χ2n) is 25.9. The SMILES string of the molecule is CC(=O)OC[C@H]1O[C@@H](O[C@H]2[C@H](O)[C@@H](O)[C@H](O[C@@H]3[C@@H](O)[C@@H](O)O[C@H](CO)[C@@H]3O)O[C@@H]2CO)[C@H](O)[C@@H](O)[C@@H]1O[C@@H]1O[C@H](CO[C@H]2O[C@H](CO[C@@H]3O[C@H](CO)[C@@H](O)[C@H](O[C@@H]4O[C@H](COC(=O)CCC(=O)[O-])[C@@H](O)[C@H](O[C@@H]5O[C@@H]6CO[C@@](C)(C(=O)[O-])O[C@H]6[C@H](O)[C@H]5O)[C@H]4O)[C@H]3O)[C@@H](O)[C@H](O)[C@H]2O)[C@@H](O)[C@H](O)[C@H]1O. The molecule has 0 aromatic heterocycles. The van der Waals surface area contributed by atoms with Crippen LogP contribution in [0.4, 0.5) is 0 Å². The minimum Gasteiger partial charge on any atom is -0.550 e. The smallest absolute Gasteiger partial charge is 0.306 e. The van der Waals surface area contributed by atoms with Gasteiger partial charge in [-0.25, -0.2) is 0 Å². The molecule has 0 saturated carbocycles. The number of hydrogen-bond donors (Lipinski definition) is 22. The lowest BCUT2D eigenvalue weighted by Gasteiger charge is -2.51. The summed E-state index contributed by atoms with van der Waals surface area (Å²) in [7, 11) is 0. The van der Waals surface area contributed by atoms with Gasteiger partial charge in [0.05, 0.1) is 46.1 Å². The number of rotatable bonds is 27.